The molecule has 17 heavy (non-hydrogen) atoms. The molecule has 4 nitrogen and oxygen atoms in total. The summed E-state index contributed by atoms with van der Waals surface area (Å²) in [6.07, 6.45) is 7.87. The zero-order valence-electron chi connectivity index (χ0n) is 11.7. The Morgan fingerprint density at radius 2 is 1.65 bits per heavy atom. The molecule has 0 N–H and O–H groups in total. The second-order valence-electron chi connectivity index (χ2n) is 3.98. The van der Waals surface area contributed by atoms with E-state index in [1.807, 2.05) is 6.21 Å². The molecule has 0 saturated heterocycles. The van der Waals surface area contributed by atoms with Crippen LogP contribution in [0, 0.1) is 0 Å². The first-order valence-corrected chi connectivity index (χ1v) is 8.31. The Morgan fingerprint density at radius 1 is 1.00 bits per heavy atom. The van der Waals surface area contributed by atoms with Gasteiger partial charge in [-0.05, 0) is 25.5 Å². The zero-order chi connectivity index (χ0) is 13.0. The maximum Gasteiger partial charge on any atom is 0.500 e. The van der Waals surface area contributed by atoms with Crippen LogP contribution in [0.1, 0.15) is 39.0 Å². The molecular weight excluding hydrogens is 234 g/mol. The van der Waals surface area contributed by atoms with Crippen molar-refractivity contribution < 1.29 is 13.3 Å². The standard InChI is InChI=1S/C12H27NO3Si/c1-5-6-7-8-10-13-11-9-12-17(14-2,15-3)16-4/h10H,5-9,11-12H2,1-4H3/b13-10+. The normalized spacial score (nSPS) is 12.5. The van der Waals surface area contributed by atoms with E-state index < -0.39 is 8.80 Å². The minimum Gasteiger partial charge on any atom is -0.377 e. The number of aliphatic imine (C=N–C) groups is 1. The molecule has 0 aliphatic rings. The van der Waals surface area contributed by atoms with Crippen LogP contribution in [0.5, 0.6) is 0 Å². The van der Waals surface area contributed by atoms with E-state index in [1.165, 1.54) is 19.3 Å². The van der Waals surface area contributed by atoms with Crippen molar-refractivity contribution in [3.63, 3.8) is 0 Å². The Hall–Kier alpha value is -0.233. The van der Waals surface area contributed by atoms with Crippen LogP contribution in [0.15, 0.2) is 4.99 Å². The van der Waals surface area contributed by atoms with E-state index in [-0.39, 0.29) is 0 Å². The third kappa shape index (κ3) is 7.65. The maximum absolute atomic E-state index is 5.34. The fourth-order valence-electron chi connectivity index (χ4n) is 1.61. The smallest absolute Gasteiger partial charge is 0.377 e. The first-order valence-electron chi connectivity index (χ1n) is 6.38. The number of hydrogen-bond donors (Lipinski definition) is 0. The molecule has 0 atom stereocenters. The Bertz CT molecular complexity index is 188. The zero-order valence-corrected chi connectivity index (χ0v) is 12.7. The Kier molecular flexibility index (Phi) is 10.7. The molecule has 0 aromatic heterocycles. The average Bonchev–Trinajstić information content (AvgIpc) is 2.38. The van der Waals surface area contributed by atoms with Crippen LogP contribution >= 0.6 is 0 Å². The van der Waals surface area contributed by atoms with E-state index in [2.05, 4.69) is 11.9 Å². The molecule has 0 aliphatic carbocycles. The van der Waals surface area contributed by atoms with Crippen LogP contribution < -0.4 is 0 Å². The molecule has 0 saturated carbocycles. The van der Waals surface area contributed by atoms with Crippen molar-refractivity contribution in [1.29, 1.82) is 0 Å². The number of unbranched alkanes of at least 4 members (excludes halogenated alkanes) is 3. The lowest BCUT2D eigenvalue weighted by Crippen LogP contribution is -2.42. The molecule has 0 aromatic rings. The SMILES string of the molecule is CCCCC/C=N/CCC[Si](OC)(OC)OC. The van der Waals surface area contributed by atoms with Crippen molar-refractivity contribution in [2.75, 3.05) is 27.9 Å². The van der Waals surface area contributed by atoms with Crippen molar-refractivity contribution in [2.45, 2.75) is 45.1 Å². The predicted octanol–water partition coefficient (Wildman–Crippen LogP) is 2.91. The van der Waals surface area contributed by atoms with Gasteiger partial charge >= 0.3 is 8.80 Å². The Balaban J connectivity index is 3.61. The van der Waals surface area contributed by atoms with Crippen molar-refractivity contribution in [1.82, 2.24) is 0 Å². The lowest BCUT2D eigenvalue weighted by atomic mass is 10.2. The highest BCUT2D eigenvalue weighted by molar-refractivity contribution is 6.60. The van der Waals surface area contributed by atoms with Crippen LogP contribution in [0.2, 0.25) is 6.04 Å². The third-order valence-electron chi connectivity index (χ3n) is 2.77. The summed E-state index contributed by atoms with van der Waals surface area (Å²) in [7, 11) is 2.57. The monoisotopic (exact) mass is 261 g/mol. The van der Waals surface area contributed by atoms with Gasteiger partial charge in [0, 0.05) is 33.9 Å². The number of rotatable bonds is 11. The molecule has 0 heterocycles. The lowest BCUT2D eigenvalue weighted by molar-refractivity contribution is 0.123. The van der Waals surface area contributed by atoms with E-state index in [0.29, 0.717) is 0 Å². The Labute approximate surface area is 107 Å². The molecule has 0 rings (SSSR count). The third-order valence-corrected chi connectivity index (χ3v) is 5.60. The summed E-state index contributed by atoms with van der Waals surface area (Å²) in [6, 6.07) is 0.822. The molecule has 0 bridgehead atoms. The molecular formula is C12H27NO3Si. The molecule has 0 aliphatic heterocycles. The van der Waals surface area contributed by atoms with Crippen molar-refractivity contribution in [3.8, 4) is 0 Å². The van der Waals surface area contributed by atoms with E-state index >= 15 is 0 Å². The summed E-state index contributed by atoms with van der Waals surface area (Å²) in [5.41, 5.74) is 0. The highest BCUT2D eigenvalue weighted by Gasteiger charge is 2.36. The fraction of sp³-hybridized carbons (Fsp3) is 0.917. The number of hydrogen-bond acceptors (Lipinski definition) is 4. The maximum atomic E-state index is 5.34. The Morgan fingerprint density at radius 3 is 2.18 bits per heavy atom. The van der Waals surface area contributed by atoms with Gasteiger partial charge in [0.05, 0.1) is 0 Å². The van der Waals surface area contributed by atoms with Gasteiger partial charge in [0.25, 0.3) is 0 Å². The molecule has 0 aromatic carbocycles. The minimum absolute atomic E-state index is 0.822. The topological polar surface area (TPSA) is 40.0 Å². The van der Waals surface area contributed by atoms with Gasteiger partial charge in [-0.3, -0.25) is 4.99 Å². The molecule has 0 amide bonds. The van der Waals surface area contributed by atoms with Gasteiger partial charge in [0.15, 0.2) is 0 Å². The lowest BCUT2D eigenvalue weighted by Gasteiger charge is -2.23. The highest BCUT2D eigenvalue weighted by atomic mass is 28.4. The van der Waals surface area contributed by atoms with Gasteiger partial charge in [-0.2, -0.15) is 0 Å². The highest BCUT2D eigenvalue weighted by Crippen LogP contribution is 2.14. The number of nitrogens with zero attached hydrogens (tertiary/aromatic N) is 1. The molecule has 5 heteroatoms. The minimum atomic E-state index is -2.37. The van der Waals surface area contributed by atoms with Gasteiger partial charge in [-0.1, -0.05) is 19.8 Å². The molecule has 0 spiro atoms. The van der Waals surface area contributed by atoms with Crippen molar-refractivity contribution in [3.05, 3.63) is 0 Å². The molecule has 0 radical (unpaired) electrons. The van der Waals surface area contributed by atoms with Crippen LogP contribution in [-0.2, 0) is 13.3 Å². The molecule has 0 unspecified atom stereocenters. The average molecular weight is 261 g/mol. The summed E-state index contributed by atoms with van der Waals surface area (Å²) in [6.45, 7) is 3.04. The largest absolute Gasteiger partial charge is 0.500 e. The quantitative estimate of drug-likeness (QED) is 0.326. The van der Waals surface area contributed by atoms with E-state index in [4.69, 9.17) is 13.3 Å². The first-order chi connectivity index (χ1) is 8.24. The molecule has 0 fully saturated rings. The van der Waals surface area contributed by atoms with Crippen molar-refractivity contribution >= 4 is 15.0 Å². The van der Waals surface area contributed by atoms with Crippen LogP contribution in [-0.4, -0.2) is 42.9 Å². The fourth-order valence-corrected chi connectivity index (χ4v) is 3.31. The van der Waals surface area contributed by atoms with E-state index in [1.54, 1.807) is 21.3 Å². The summed E-state index contributed by atoms with van der Waals surface area (Å²) < 4.78 is 16.0. The van der Waals surface area contributed by atoms with Crippen molar-refractivity contribution in [2.24, 2.45) is 4.99 Å². The van der Waals surface area contributed by atoms with Gasteiger partial charge in [0.2, 0.25) is 0 Å². The van der Waals surface area contributed by atoms with Gasteiger partial charge in [0.1, 0.15) is 0 Å². The summed E-state index contributed by atoms with van der Waals surface area (Å²) in [5.74, 6) is 0. The second kappa shape index (κ2) is 10.9. The predicted molar refractivity (Wildman–Crippen MR) is 73.7 cm³/mol. The van der Waals surface area contributed by atoms with Gasteiger partial charge < -0.3 is 13.3 Å². The first kappa shape index (κ1) is 16.8. The second-order valence-corrected chi connectivity index (χ2v) is 7.07. The van der Waals surface area contributed by atoms with Crippen LogP contribution in [0.3, 0.4) is 0 Å². The van der Waals surface area contributed by atoms with Gasteiger partial charge in [-0.15, -0.1) is 0 Å². The van der Waals surface area contributed by atoms with Crippen LogP contribution in [0.25, 0.3) is 0 Å². The van der Waals surface area contributed by atoms with E-state index in [9.17, 15) is 0 Å². The summed E-state index contributed by atoms with van der Waals surface area (Å²) in [4.78, 5) is 4.38. The summed E-state index contributed by atoms with van der Waals surface area (Å²) in [5, 5.41) is 0. The van der Waals surface area contributed by atoms with Crippen LogP contribution in [0.4, 0.5) is 0 Å². The summed E-state index contributed by atoms with van der Waals surface area (Å²) >= 11 is 0. The molecule has 102 valence electrons. The van der Waals surface area contributed by atoms with Gasteiger partial charge in [-0.25, -0.2) is 0 Å². The van der Waals surface area contributed by atoms with E-state index in [0.717, 1.165) is 25.4 Å².